The van der Waals surface area contributed by atoms with E-state index in [2.05, 4.69) is 64.1 Å². The second-order valence-corrected chi connectivity index (χ2v) is 18.4. The molecule has 0 bridgehead atoms. The number of aryl methyl sites for hydroxylation is 1. The van der Waals surface area contributed by atoms with Crippen molar-refractivity contribution in [3.05, 3.63) is 83.7 Å². The minimum Gasteiger partial charge on any atom is -0.401 e. The number of fused-ring (bicyclic) bond motifs is 1. The van der Waals surface area contributed by atoms with E-state index >= 15 is 0 Å². The fourth-order valence-electron chi connectivity index (χ4n) is 8.37. The van der Waals surface area contributed by atoms with Gasteiger partial charge in [-0.2, -0.15) is 0 Å². The summed E-state index contributed by atoms with van der Waals surface area (Å²) in [6.45, 7) is 7.12. The molecule has 75 heavy (non-hydrogen) atoms. The molecule has 2 aromatic carbocycles. The maximum atomic E-state index is 14.7. The molecule has 8 amide bonds. The molecule has 0 saturated carbocycles. The van der Waals surface area contributed by atoms with Crippen molar-refractivity contribution in [2.24, 2.45) is 44.4 Å². The molecule has 1 fully saturated rings. The summed E-state index contributed by atoms with van der Waals surface area (Å²) in [5.41, 5.74) is 37.3. The molecule has 2 heterocycles. The monoisotopic (exact) mass is 1040 g/mol. The number of nitrogens with two attached hydrogens (primary N) is 6. The number of aromatic nitrogens is 1. The van der Waals surface area contributed by atoms with Gasteiger partial charge in [-0.25, -0.2) is 0 Å². The lowest BCUT2D eigenvalue weighted by atomic mass is 9.99. The van der Waals surface area contributed by atoms with Gasteiger partial charge in [-0.05, 0) is 87.6 Å². The number of benzene rings is 2. The number of aromatic amines is 1. The first-order valence-electron chi connectivity index (χ1n) is 25.0. The number of carbonyl (C=O) groups excluding carboxylic acids is 8. The number of amides is 8. The first kappa shape index (κ1) is 59.3. The van der Waals surface area contributed by atoms with E-state index < -0.39 is 89.6 Å². The number of nitrogens with zero attached hydrogens (tertiary/aromatic N) is 2. The Labute approximate surface area is 435 Å². The van der Waals surface area contributed by atoms with Crippen molar-refractivity contribution in [1.82, 2.24) is 47.5 Å². The quantitative estimate of drug-likeness (QED) is 0.0350. The number of para-hydroxylation sites is 1. The third-order valence-corrected chi connectivity index (χ3v) is 12.4. The highest BCUT2D eigenvalue weighted by atomic mass is 16.2. The summed E-state index contributed by atoms with van der Waals surface area (Å²) < 4.78 is 0. The van der Waals surface area contributed by atoms with Crippen LogP contribution in [0, 0.1) is 6.92 Å². The van der Waals surface area contributed by atoms with Gasteiger partial charge in [-0.3, -0.25) is 48.3 Å². The second kappa shape index (κ2) is 30.1. The topological polar surface area (TPSA) is 429 Å². The molecule has 408 valence electrons. The smallest absolute Gasteiger partial charge is 0.243 e. The molecule has 1 aliphatic heterocycles. The molecule has 21 N–H and O–H groups in total. The lowest BCUT2D eigenvalue weighted by molar-refractivity contribution is -0.135. The maximum absolute atomic E-state index is 14.7. The van der Waals surface area contributed by atoms with Gasteiger partial charge in [0.05, 0.1) is 6.04 Å². The third kappa shape index (κ3) is 20.0. The van der Waals surface area contributed by atoms with E-state index in [-0.39, 0.29) is 114 Å². The number of H-pyrrole nitrogens is 1. The number of hydrogen-bond donors (Lipinski definition) is 15. The summed E-state index contributed by atoms with van der Waals surface area (Å²) in [4.78, 5) is 123. The Balaban J connectivity index is 1.77. The number of hydrogen-bond acceptors (Lipinski definition) is 12. The Bertz CT molecular complexity index is 2540. The Morgan fingerprint density at radius 3 is 1.93 bits per heavy atom. The minimum atomic E-state index is -1.44. The van der Waals surface area contributed by atoms with Gasteiger partial charge in [0.1, 0.15) is 36.3 Å². The fourth-order valence-corrected chi connectivity index (χ4v) is 8.37. The summed E-state index contributed by atoms with van der Waals surface area (Å²) in [7, 11) is 0. The van der Waals surface area contributed by atoms with Crippen LogP contribution in [0.3, 0.4) is 0 Å². The van der Waals surface area contributed by atoms with Gasteiger partial charge in [0.2, 0.25) is 47.3 Å². The lowest BCUT2D eigenvalue weighted by Gasteiger charge is -2.28. The normalized spacial score (nSPS) is 21.1. The zero-order valence-corrected chi connectivity index (χ0v) is 42.7. The number of carbonyl (C=O) groups is 8. The van der Waals surface area contributed by atoms with Crippen molar-refractivity contribution < 1.29 is 38.4 Å². The number of nitrogens with one attached hydrogen (secondary N) is 9. The average molecular weight is 1040 g/mol. The van der Waals surface area contributed by atoms with Crippen LogP contribution in [0.4, 0.5) is 0 Å². The van der Waals surface area contributed by atoms with Crippen molar-refractivity contribution in [1.29, 1.82) is 0 Å². The van der Waals surface area contributed by atoms with E-state index in [1.165, 1.54) is 6.92 Å². The molecule has 3 aromatic rings. The molecule has 25 nitrogen and oxygen atoms in total. The van der Waals surface area contributed by atoms with E-state index in [0.717, 1.165) is 16.5 Å². The molecule has 0 radical (unpaired) electrons. The highest BCUT2D eigenvalue weighted by Crippen LogP contribution is 2.20. The molecule has 1 saturated heterocycles. The van der Waals surface area contributed by atoms with Crippen molar-refractivity contribution in [2.75, 3.05) is 26.2 Å². The zero-order valence-electron chi connectivity index (χ0n) is 42.7. The van der Waals surface area contributed by atoms with Crippen LogP contribution in [0.25, 0.3) is 10.9 Å². The second-order valence-electron chi connectivity index (χ2n) is 18.4. The van der Waals surface area contributed by atoms with E-state index in [1.54, 1.807) is 24.4 Å². The molecule has 0 spiro atoms. The average Bonchev–Trinajstić information content (AvgIpc) is 3.77. The molecule has 25 heteroatoms. The van der Waals surface area contributed by atoms with Crippen LogP contribution >= 0.6 is 0 Å². The lowest BCUT2D eigenvalue weighted by Crippen LogP contribution is -2.60. The van der Waals surface area contributed by atoms with Gasteiger partial charge in [-0.15, -0.1) is 0 Å². The van der Waals surface area contributed by atoms with Crippen molar-refractivity contribution in [3.8, 4) is 0 Å². The van der Waals surface area contributed by atoms with Crippen LogP contribution in [0.2, 0.25) is 0 Å². The molecule has 0 unspecified atom stereocenters. The summed E-state index contributed by atoms with van der Waals surface area (Å²) in [6.07, 6.45) is 1.99. The largest absolute Gasteiger partial charge is 0.401 e. The van der Waals surface area contributed by atoms with Crippen LogP contribution in [-0.2, 0) is 51.2 Å². The predicted molar refractivity (Wildman–Crippen MR) is 284 cm³/mol. The van der Waals surface area contributed by atoms with E-state index in [1.807, 2.05) is 37.3 Å². The van der Waals surface area contributed by atoms with E-state index in [4.69, 9.17) is 34.4 Å². The van der Waals surface area contributed by atoms with Crippen LogP contribution in [0.5, 0.6) is 0 Å². The van der Waals surface area contributed by atoms with Crippen LogP contribution in [-0.4, -0.2) is 133 Å². The molecule has 1 aliphatic rings. The highest BCUT2D eigenvalue weighted by molar-refractivity contribution is 5.97. The number of aliphatic imine (C=N–C) groups is 2. The number of guanidine groups is 2. The molecule has 0 aliphatic carbocycles. The third-order valence-electron chi connectivity index (χ3n) is 12.4. The van der Waals surface area contributed by atoms with Crippen molar-refractivity contribution in [3.63, 3.8) is 0 Å². The Morgan fingerprint density at radius 2 is 1.29 bits per heavy atom. The van der Waals surface area contributed by atoms with Crippen LogP contribution < -0.4 is 76.9 Å². The fraction of sp³-hybridized carbons (Fsp3) is 0.480. The van der Waals surface area contributed by atoms with Crippen LogP contribution in [0.15, 0.2) is 77.0 Å². The standard InChI is InChI=1S/C50H75N17O8/c1-28-11-4-5-12-31(28)25-40-48(75)63-37(17-10-24-59-50(55)56)44(71)67-41(26-32-27-60-35-14-7-6-13-33(32)35)47(74)62-34(29(2)52)15-8-22-57-42(69)19-18-38(45(72)65-39(20-21-51)46(73)66-40)64-43(70)36(61-30(3)68)16-9-23-58-49(53)54/h4-7,11-14,27,34,36-41,60H,2,8-10,15-26,51-52H2,1,3H3,(H,57,69)(H,61,68)(H,62,74)(H,63,75)(H,64,70)(H,65,72)(H,66,73)(H,67,71)(H4,53,54,58)(H4,55,56,59)/t34-,36-,37-,38-,39-,40+,41-/m0/s1. The first-order chi connectivity index (χ1) is 35.8. The van der Waals surface area contributed by atoms with Gasteiger partial charge in [0, 0.05) is 68.6 Å². The molecule has 1 aromatic heterocycles. The maximum Gasteiger partial charge on any atom is 0.243 e. The predicted octanol–water partition coefficient (Wildman–Crippen LogP) is -2.71. The Hall–Kier alpha value is -8.22. The van der Waals surface area contributed by atoms with Crippen molar-refractivity contribution in [2.45, 2.75) is 127 Å². The molecule has 7 atom stereocenters. The van der Waals surface area contributed by atoms with Crippen molar-refractivity contribution >= 4 is 70.1 Å². The first-order valence-corrected chi connectivity index (χ1v) is 25.0. The highest BCUT2D eigenvalue weighted by Gasteiger charge is 2.34. The van der Waals surface area contributed by atoms with E-state index in [0.29, 0.717) is 11.1 Å². The van der Waals surface area contributed by atoms with Gasteiger partial charge in [0.15, 0.2) is 11.9 Å². The molecular weight excluding hydrogens is 967 g/mol. The van der Waals surface area contributed by atoms with Gasteiger partial charge >= 0.3 is 0 Å². The van der Waals surface area contributed by atoms with E-state index in [9.17, 15) is 38.4 Å². The summed E-state index contributed by atoms with van der Waals surface area (Å²) in [5.74, 6) is -6.00. The SMILES string of the molecule is C=C(N)[C@@H]1CCCNC(=O)CC[C@H](NC(=O)[C@H](CCCN=C(N)N)NC(C)=O)C(=O)N[C@@H](CCN)C(=O)N[C@H](Cc2ccccc2C)C(=O)N[C@@H](CCCN=C(N)N)C(=O)N[C@@H](Cc2c[nH]c3ccccc23)C(=O)N1. The van der Waals surface area contributed by atoms with Gasteiger partial charge in [-0.1, -0.05) is 49.0 Å². The van der Waals surface area contributed by atoms with Gasteiger partial charge in [0.25, 0.3) is 0 Å². The Morgan fingerprint density at radius 1 is 0.720 bits per heavy atom. The zero-order chi connectivity index (χ0) is 55.0. The Kier molecular flexibility index (Phi) is 23.8. The van der Waals surface area contributed by atoms with Crippen LogP contribution in [0.1, 0.15) is 81.4 Å². The molecule has 4 rings (SSSR count). The summed E-state index contributed by atoms with van der Waals surface area (Å²) in [6, 6.07) is 5.89. The number of rotatable bonds is 18. The van der Waals surface area contributed by atoms with Gasteiger partial charge < -0.3 is 81.9 Å². The molecular formula is C50H75N17O8. The summed E-state index contributed by atoms with van der Waals surface area (Å²) >= 11 is 0. The minimum absolute atomic E-state index is 0.00503. The summed E-state index contributed by atoms with van der Waals surface area (Å²) in [5, 5.41) is 22.7.